The van der Waals surface area contributed by atoms with E-state index in [2.05, 4.69) is 70.7 Å². The van der Waals surface area contributed by atoms with Crippen molar-refractivity contribution in [1.29, 1.82) is 0 Å². The molecule has 1 fully saturated rings. The second kappa shape index (κ2) is 5.46. The SMILES string of the molecule is CC1SCCN(c2ccccc2CBr)C1C. The highest BCUT2D eigenvalue weighted by Crippen LogP contribution is 2.31. The smallest absolute Gasteiger partial charge is 0.0410 e. The number of rotatable bonds is 2. The molecule has 1 aromatic carbocycles. The first-order chi connectivity index (χ1) is 7.74. The van der Waals surface area contributed by atoms with E-state index in [9.17, 15) is 0 Å². The van der Waals surface area contributed by atoms with Crippen LogP contribution in [0.3, 0.4) is 0 Å². The highest BCUT2D eigenvalue weighted by Gasteiger charge is 2.26. The van der Waals surface area contributed by atoms with E-state index in [1.165, 1.54) is 23.5 Å². The molecule has 0 N–H and O–H groups in total. The van der Waals surface area contributed by atoms with Crippen molar-refractivity contribution < 1.29 is 0 Å². The fraction of sp³-hybridized carbons (Fsp3) is 0.538. The lowest BCUT2D eigenvalue weighted by Crippen LogP contribution is -2.45. The molecule has 1 saturated heterocycles. The van der Waals surface area contributed by atoms with Crippen molar-refractivity contribution in [3.05, 3.63) is 29.8 Å². The van der Waals surface area contributed by atoms with Crippen LogP contribution in [0.4, 0.5) is 5.69 Å². The summed E-state index contributed by atoms with van der Waals surface area (Å²) >= 11 is 5.66. The van der Waals surface area contributed by atoms with Crippen LogP contribution < -0.4 is 4.90 Å². The van der Waals surface area contributed by atoms with Gasteiger partial charge in [-0.1, -0.05) is 41.1 Å². The van der Waals surface area contributed by atoms with Crippen molar-refractivity contribution in [3.8, 4) is 0 Å². The maximum atomic E-state index is 3.58. The van der Waals surface area contributed by atoms with E-state index >= 15 is 0 Å². The standard InChI is InChI=1S/C13H18BrNS/c1-10-11(2)16-8-7-15(10)13-6-4-3-5-12(13)9-14/h3-6,10-11H,7-9H2,1-2H3. The van der Waals surface area contributed by atoms with Crippen molar-refractivity contribution >= 4 is 33.4 Å². The molecule has 0 bridgehead atoms. The average molecular weight is 300 g/mol. The quantitative estimate of drug-likeness (QED) is 0.762. The molecule has 0 aliphatic carbocycles. The van der Waals surface area contributed by atoms with Gasteiger partial charge in [-0.3, -0.25) is 0 Å². The summed E-state index contributed by atoms with van der Waals surface area (Å²) in [7, 11) is 0. The molecule has 1 aromatic rings. The fourth-order valence-electron chi connectivity index (χ4n) is 2.18. The number of anilines is 1. The summed E-state index contributed by atoms with van der Waals surface area (Å²) in [6, 6.07) is 9.34. The molecular formula is C13H18BrNS. The molecule has 1 aliphatic heterocycles. The van der Waals surface area contributed by atoms with Crippen LogP contribution in [0.5, 0.6) is 0 Å². The van der Waals surface area contributed by atoms with Crippen LogP contribution in [-0.4, -0.2) is 23.6 Å². The lowest BCUT2D eigenvalue weighted by molar-refractivity contribution is 0.626. The number of thioether (sulfide) groups is 1. The molecule has 0 spiro atoms. The summed E-state index contributed by atoms with van der Waals surface area (Å²) in [5, 5.41) is 1.66. The topological polar surface area (TPSA) is 3.24 Å². The largest absolute Gasteiger partial charge is 0.367 e. The Morgan fingerprint density at radius 1 is 1.38 bits per heavy atom. The number of benzene rings is 1. The van der Waals surface area contributed by atoms with Gasteiger partial charge in [0.1, 0.15) is 0 Å². The van der Waals surface area contributed by atoms with Gasteiger partial charge in [-0.05, 0) is 18.6 Å². The van der Waals surface area contributed by atoms with Gasteiger partial charge in [0.2, 0.25) is 0 Å². The minimum Gasteiger partial charge on any atom is -0.367 e. The Bertz CT molecular complexity index is 356. The van der Waals surface area contributed by atoms with Gasteiger partial charge in [-0.25, -0.2) is 0 Å². The van der Waals surface area contributed by atoms with Gasteiger partial charge < -0.3 is 4.90 Å². The molecular weight excluding hydrogens is 282 g/mol. The highest BCUT2D eigenvalue weighted by molar-refractivity contribution is 9.08. The lowest BCUT2D eigenvalue weighted by atomic mass is 10.1. The highest BCUT2D eigenvalue weighted by atomic mass is 79.9. The van der Waals surface area contributed by atoms with Crippen molar-refractivity contribution in [2.75, 3.05) is 17.2 Å². The second-order valence-electron chi connectivity index (χ2n) is 4.27. The third kappa shape index (κ3) is 2.40. The molecule has 1 aliphatic rings. The van der Waals surface area contributed by atoms with Crippen LogP contribution in [0.15, 0.2) is 24.3 Å². The third-order valence-corrected chi connectivity index (χ3v) is 5.27. The Morgan fingerprint density at radius 3 is 2.88 bits per heavy atom. The summed E-state index contributed by atoms with van der Waals surface area (Å²) in [4.78, 5) is 2.55. The fourth-order valence-corrected chi connectivity index (χ4v) is 3.75. The van der Waals surface area contributed by atoms with E-state index in [0.717, 1.165) is 10.6 Å². The average Bonchev–Trinajstić information content (AvgIpc) is 2.33. The van der Waals surface area contributed by atoms with Gasteiger partial charge in [0.05, 0.1) is 0 Å². The Kier molecular flexibility index (Phi) is 4.20. The Hall–Kier alpha value is -0.150. The molecule has 2 unspecified atom stereocenters. The minimum atomic E-state index is 0.624. The second-order valence-corrected chi connectivity index (χ2v) is 6.32. The number of halogens is 1. The first-order valence-corrected chi connectivity index (χ1v) is 7.93. The monoisotopic (exact) mass is 299 g/mol. The van der Waals surface area contributed by atoms with E-state index in [0.29, 0.717) is 6.04 Å². The van der Waals surface area contributed by atoms with E-state index in [1.54, 1.807) is 0 Å². The molecule has 0 amide bonds. The Morgan fingerprint density at radius 2 is 2.12 bits per heavy atom. The van der Waals surface area contributed by atoms with Gasteiger partial charge in [0, 0.05) is 34.6 Å². The van der Waals surface area contributed by atoms with Crippen LogP contribution in [-0.2, 0) is 5.33 Å². The molecule has 2 atom stereocenters. The molecule has 0 radical (unpaired) electrons. The maximum absolute atomic E-state index is 3.58. The summed E-state index contributed by atoms with van der Waals surface area (Å²) in [5.41, 5.74) is 2.80. The molecule has 0 aromatic heterocycles. The molecule has 16 heavy (non-hydrogen) atoms. The molecule has 2 rings (SSSR count). The predicted molar refractivity (Wildman–Crippen MR) is 77.8 cm³/mol. The Balaban J connectivity index is 2.28. The van der Waals surface area contributed by atoms with Crippen LogP contribution in [0.25, 0.3) is 0 Å². The normalized spacial score (nSPS) is 25.8. The van der Waals surface area contributed by atoms with E-state index in [1.807, 2.05) is 0 Å². The van der Waals surface area contributed by atoms with Gasteiger partial charge >= 0.3 is 0 Å². The lowest BCUT2D eigenvalue weighted by Gasteiger charge is -2.40. The molecule has 88 valence electrons. The van der Waals surface area contributed by atoms with Crippen molar-refractivity contribution in [1.82, 2.24) is 0 Å². The first-order valence-electron chi connectivity index (χ1n) is 5.76. The molecule has 1 heterocycles. The number of alkyl halides is 1. The van der Waals surface area contributed by atoms with E-state index < -0.39 is 0 Å². The van der Waals surface area contributed by atoms with Gasteiger partial charge in [-0.15, -0.1) is 0 Å². The number of nitrogens with zero attached hydrogens (tertiary/aromatic N) is 1. The van der Waals surface area contributed by atoms with Crippen molar-refractivity contribution in [2.45, 2.75) is 30.5 Å². The van der Waals surface area contributed by atoms with Crippen molar-refractivity contribution in [3.63, 3.8) is 0 Å². The van der Waals surface area contributed by atoms with Gasteiger partial charge in [0.15, 0.2) is 0 Å². The van der Waals surface area contributed by atoms with Crippen molar-refractivity contribution in [2.24, 2.45) is 0 Å². The zero-order valence-electron chi connectivity index (χ0n) is 9.82. The zero-order valence-corrected chi connectivity index (χ0v) is 12.2. The summed E-state index contributed by atoms with van der Waals surface area (Å²) in [5.74, 6) is 1.24. The van der Waals surface area contributed by atoms with E-state index in [-0.39, 0.29) is 0 Å². The summed E-state index contributed by atoms with van der Waals surface area (Å²) < 4.78 is 0. The predicted octanol–water partition coefficient (Wildman–Crippen LogP) is 3.91. The molecule has 1 nitrogen and oxygen atoms in total. The number of hydrogen-bond donors (Lipinski definition) is 0. The van der Waals surface area contributed by atoms with Gasteiger partial charge in [0.25, 0.3) is 0 Å². The summed E-state index contributed by atoms with van der Waals surface area (Å²) in [6.45, 7) is 5.83. The van der Waals surface area contributed by atoms with Gasteiger partial charge in [-0.2, -0.15) is 11.8 Å². The minimum absolute atomic E-state index is 0.624. The van der Waals surface area contributed by atoms with Crippen LogP contribution in [0, 0.1) is 0 Å². The third-order valence-electron chi connectivity index (χ3n) is 3.33. The summed E-state index contributed by atoms with van der Waals surface area (Å²) in [6.07, 6.45) is 0. The Labute approximate surface area is 111 Å². The molecule has 3 heteroatoms. The zero-order chi connectivity index (χ0) is 11.5. The molecule has 0 saturated carbocycles. The van der Waals surface area contributed by atoms with Crippen LogP contribution in [0.2, 0.25) is 0 Å². The number of hydrogen-bond acceptors (Lipinski definition) is 2. The first kappa shape index (κ1) is 12.3. The van der Waals surface area contributed by atoms with Crippen LogP contribution >= 0.6 is 27.7 Å². The maximum Gasteiger partial charge on any atom is 0.0410 e. The number of para-hydroxylation sites is 1. The van der Waals surface area contributed by atoms with Crippen LogP contribution in [0.1, 0.15) is 19.4 Å². The van der Waals surface area contributed by atoms with E-state index in [4.69, 9.17) is 0 Å².